The number of hydrogen-bond donors (Lipinski definition) is 1. The second-order valence-corrected chi connectivity index (χ2v) is 6.86. The van der Waals surface area contributed by atoms with Crippen LogP contribution in [0.4, 0.5) is 5.95 Å². The molecule has 2 fully saturated rings. The number of aryl methyl sites for hydroxylation is 1. The first-order valence-corrected chi connectivity index (χ1v) is 8.09. The fourth-order valence-electron chi connectivity index (χ4n) is 4.40. The molecule has 2 aliphatic rings. The van der Waals surface area contributed by atoms with Crippen molar-refractivity contribution >= 4 is 17.0 Å². The normalized spacial score (nSPS) is 29.9. The van der Waals surface area contributed by atoms with Crippen LogP contribution in [0.5, 0.6) is 0 Å². The zero-order valence-corrected chi connectivity index (χ0v) is 12.9. The van der Waals surface area contributed by atoms with Gasteiger partial charge in [0.2, 0.25) is 5.95 Å². The Morgan fingerprint density at radius 1 is 1.14 bits per heavy atom. The fourth-order valence-corrected chi connectivity index (χ4v) is 4.40. The maximum atomic E-state index is 6.26. The van der Waals surface area contributed by atoms with E-state index in [9.17, 15) is 0 Å². The van der Waals surface area contributed by atoms with Crippen LogP contribution in [0.2, 0.25) is 0 Å². The van der Waals surface area contributed by atoms with Crippen molar-refractivity contribution < 1.29 is 0 Å². The Morgan fingerprint density at radius 3 is 2.57 bits per heavy atom. The Labute approximate surface area is 125 Å². The summed E-state index contributed by atoms with van der Waals surface area (Å²) in [6, 6.07) is 8.36. The Bertz CT molecular complexity index is 661. The van der Waals surface area contributed by atoms with E-state index in [0.29, 0.717) is 24.1 Å². The quantitative estimate of drug-likeness (QED) is 0.875. The van der Waals surface area contributed by atoms with Crippen molar-refractivity contribution in [1.29, 1.82) is 0 Å². The number of fused-ring (bicyclic) bond motifs is 3. The Hall–Kier alpha value is -1.55. The summed E-state index contributed by atoms with van der Waals surface area (Å²) < 4.78 is 2.31. The highest BCUT2D eigenvalue weighted by molar-refractivity contribution is 5.79. The molecule has 0 spiro atoms. The van der Waals surface area contributed by atoms with E-state index in [1.54, 1.807) is 0 Å². The molecule has 2 atom stereocenters. The summed E-state index contributed by atoms with van der Waals surface area (Å²) >= 11 is 0. The van der Waals surface area contributed by atoms with Crippen molar-refractivity contribution in [2.24, 2.45) is 0 Å². The molecule has 0 aliphatic carbocycles. The predicted molar refractivity (Wildman–Crippen MR) is 86.3 cm³/mol. The van der Waals surface area contributed by atoms with Gasteiger partial charge in [-0.15, -0.1) is 0 Å². The first-order valence-electron chi connectivity index (χ1n) is 8.09. The number of piperidine rings is 2. The van der Waals surface area contributed by atoms with Crippen LogP contribution in [-0.2, 0) is 0 Å². The van der Waals surface area contributed by atoms with E-state index < -0.39 is 0 Å². The molecule has 0 saturated carbocycles. The third-order valence-corrected chi connectivity index (χ3v) is 5.55. The lowest BCUT2D eigenvalue weighted by atomic mass is 9.82. The highest BCUT2D eigenvalue weighted by Crippen LogP contribution is 2.40. The van der Waals surface area contributed by atoms with E-state index in [2.05, 4.69) is 46.6 Å². The number of aromatic nitrogens is 2. The van der Waals surface area contributed by atoms with Gasteiger partial charge in [-0.1, -0.05) is 12.5 Å². The van der Waals surface area contributed by atoms with Gasteiger partial charge >= 0.3 is 0 Å². The highest BCUT2D eigenvalue weighted by atomic mass is 15.2. The Morgan fingerprint density at radius 2 is 1.86 bits per heavy atom. The number of benzene rings is 1. The molecule has 1 aromatic heterocycles. The third-order valence-electron chi connectivity index (χ3n) is 5.55. The molecule has 2 saturated heterocycles. The van der Waals surface area contributed by atoms with E-state index >= 15 is 0 Å². The van der Waals surface area contributed by atoms with Crippen LogP contribution in [-0.4, -0.2) is 33.6 Å². The van der Waals surface area contributed by atoms with Crippen LogP contribution >= 0.6 is 0 Å². The van der Waals surface area contributed by atoms with E-state index in [0.717, 1.165) is 5.52 Å². The van der Waals surface area contributed by atoms with E-state index in [-0.39, 0.29) is 0 Å². The largest absolute Gasteiger partial charge is 0.369 e. The lowest BCUT2D eigenvalue weighted by molar-refractivity contribution is 0.0415. The summed E-state index contributed by atoms with van der Waals surface area (Å²) in [6.45, 7) is 2.14. The predicted octanol–water partition coefficient (Wildman–Crippen LogP) is 3.11. The average Bonchev–Trinajstić information content (AvgIpc) is 2.74. The highest BCUT2D eigenvalue weighted by Gasteiger charge is 2.37. The minimum atomic E-state index is 0.503. The number of hydrogen-bond acceptors (Lipinski definition) is 3. The van der Waals surface area contributed by atoms with Gasteiger partial charge in [-0.05, 0) is 57.4 Å². The number of imidazole rings is 1. The second-order valence-electron chi connectivity index (χ2n) is 6.86. The molecular formula is C17H24N4. The maximum absolute atomic E-state index is 6.26. The third kappa shape index (κ3) is 2.04. The van der Waals surface area contributed by atoms with Crippen LogP contribution in [0.3, 0.4) is 0 Å². The van der Waals surface area contributed by atoms with Crippen molar-refractivity contribution in [1.82, 2.24) is 14.5 Å². The van der Waals surface area contributed by atoms with Crippen molar-refractivity contribution in [3.8, 4) is 0 Å². The number of nitrogen functional groups attached to an aromatic ring is 1. The van der Waals surface area contributed by atoms with E-state index in [1.807, 2.05) is 0 Å². The van der Waals surface area contributed by atoms with Crippen LogP contribution in [0.15, 0.2) is 18.2 Å². The van der Waals surface area contributed by atoms with Crippen LogP contribution in [0.25, 0.3) is 11.0 Å². The number of nitrogens with two attached hydrogens (primary N) is 1. The van der Waals surface area contributed by atoms with Crippen molar-refractivity contribution in [3.05, 3.63) is 23.8 Å². The number of anilines is 1. The SMILES string of the molecule is Cc1ccc2nc(N)n(C3CC4CCCC(C3)N4C)c2c1. The van der Waals surface area contributed by atoms with Crippen LogP contribution in [0.1, 0.15) is 43.7 Å². The van der Waals surface area contributed by atoms with E-state index in [4.69, 9.17) is 5.73 Å². The smallest absolute Gasteiger partial charge is 0.201 e. The number of nitrogens with zero attached hydrogens (tertiary/aromatic N) is 3. The molecule has 2 aromatic rings. The summed E-state index contributed by atoms with van der Waals surface area (Å²) in [6.07, 6.45) is 6.45. The molecule has 2 bridgehead atoms. The van der Waals surface area contributed by atoms with Crippen molar-refractivity contribution in [3.63, 3.8) is 0 Å². The monoisotopic (exact) mass is 284 g/mol. The van der Waals surface area contributed by atoms with Gasteiger partial charge in [0.25, 0.3) is 0 Å². The molecule has 0 radical (unpaired) electrons. The molecule has 4 heteroatoms. The topological polar surface area (TPSA) is 47.1 Å². The molecule has 1 aromatic carbocycles. The first kappa shape index (κ1) is 13.1. The van der Waals surface area contributed by atoms with Gasteiger partial charge in [-0.3, -0.25) is 0 Å². The second kappa shape index (κ2) is 4.73. The average molecular weight is 284 g/mol. The molecular weight excluding hydrogens is 260 g/mol. The molecule has 0 amide bonds. The van der Waals surface area contributed by atoms with Gasteiger partial charge < -0.3 is 15.2 Å². The molecule has 21 heavy (non-hydrogen) atoms. The van der Waals surface area contributed by atoms with Gasteiger partial charge in [-0.25, -0.2) is 4.98 Å². The summed E-state index contributed by atoms with van der Waals surface area (Å²) in [5.74, 6) is 0.684. The zero-order chi connectivity index (χ0) is 14.6. The lowest BCUT2D eigenvalue weighted by Gasteiger charge is -2.47. The summed E-state index contributed by atoms with van der Waals surface area (Å²) in [5, 5.41) is 0. The van der Waals surface area contributed by atoms with E-state index in [1.165, 1.54) is 43.2 Å². The molecule has 112 valence electrons. The summed E-state index contributed by atoms with van der Waals surface area (Å²) in [5.41, 5.74) is 9.77. The zero-order valence-electron chi connectivity index (χ0n) is 12.9. The summed E-state index contributed by atoms with van der Waals surface area (Å²) in [7, 11) is 2.30. The van der Waals surface area contributed by atoms with Crippen LogP contribution < -0.4 is 5.73 Å². The fraction of sp³-hybridized carbons (Fsp3) is 0.588. The van der Waals surface area contributed by atoms with Crippen LogP contribution in [0, 0.1) is 6.92 Å². The summed E-state index contributed by atoms with van der Waals surface area (Å²) in [4.78, 5) is 7.17. The Balaban J connectivity index is 1.76. The van der Waals surface area contributed by atoms with Gasteiger partial charge in [0.15, 0.2) is 0 Å². The standard InChI is InChI=1S/C17H24N4/c1-11-6-7-15-16(8-11)21(17(18)19-15)14-9-12-4-3-5-13(10-14)20(12)2/h6-8,12-14H,3-5,9-10H2,1-2H3,(H2,18,19). The first-order chi connectivity index (χ1) is 10.1. The lowest BCUT2D eigenvalue weighted by Crippen LogP contribution is -2.50. The Kier molecular flexibility index (Phi) is 2.96. The van der Waals surface area contributed by atoms with Gasteiger partial charge in [0.1, 0.15) is 0 Å². The molecule has 2 aliphatic heterocycles. The minimum Gasteiger partial charge on any atom is -0.369 e. The molecule has 2 N–H and O–H groups in total. The molecule has 4 nitrogen and oxygen atoms in total. The van der Waals surface area contributed by atoms with Gasteiger partial charge in [0.05, 0.1) is 11.0 Å². The van der Waals surface area contributed by atoms with Gasteiger partial charge in [-0.2, -0.15) is 0 Å². The van der Waals surface area contributed by atoms with Crippen molar-refractivity contribution in [2.45, 2.75) is 57.2 Å². The minimum absolute atomic E-state index is 0.503. The van der Waals surface area contributed by atoms with Gasteiger partial charge in [0, 0.05) is 18.1 Å². The maximum Gasteiger partial charge on any atom is 0.201 e. The molecule has 2 unspecified atom stereocenters. The number of rotatable bonds is 1. The molecule has 3 heterocycles. The van der Waals surface area contributed by atoms with Crippen molar-refractivity contribution in [2.75, 3.05) is 12.8 Å². The molecule has 4 rings (SSSR count).